The molecule has 0 saturated carbocycles. The van der Waals surface area contributed by atoms with Crippen molar-refractivity contribution in [3.05, 3.63) is 96.5 Å². The minimum atomic E-state index is -1.18. The fraction of sp³-hybridized carbons (Fsp3) is 0.258. The molecular formula is C31H31Br2ClN4O7. The Bertz CT molecular complexity index is 1600. The maximum Gasteiger partial charge on any atom is 0.337 e. The highest BCUT2D eigenvalue weighted by Crippen LogP contribution is 2.35. The normalized spacial score (nSPS) is 15.3. The topological polar surface area (TPSA) is 140 Å². The number of aliphatic hydroxyl groups excluding tert-OH is 1. The summed E-state index contributed by atoms with van der Waals surface area (Å²) in [5.41, 5.74) is 5.47. The monoisotopic (exact) mass is 764 g/mol. The molecule has 14 heteroatoms. The number of aliphatic hydroxyl groups is 1. The van der Waals surface area contributed by atoms with Crippen LogP contribution in [0.15, 0.2) is 79.9 Å². The Morgan fingerprint density at radius 2 is 1.87 bits per heavy atom. The van der Waals surface area contributed by atoms with Gasteiger partial charge in [0.25, 0.3) is 0 Å². The van der Waals surface area contributed by atoms with Crippen molar-refractivity contribution in [1.29, 1.82) is 0 Å². The Hall–Kier alpha value is -3.78. The molecule has 0 aromatic heterocycles. The summed E-state index contributed by atoms with van der Waals surface area (Å²) < 4.78 is 24.1. The van der Waals surface area contributed by atoms with E-state index in [9.17, 15) is 14.7 Å². The van der Waals surface area contributed by atoms with Gasteiger partial charge in [-0.05, 0) is 77.3 Å². The number of allylic oxidation sites excluding steroid dienone is 1. The van der Waals surface area contributed by atoms with Crippen LogP contribution in [0, 0.1) is 0 Å². The molecule has 0 spiro atoms. The quantitative estimate of drug-likeness (QED) is 0.0724. The van der Waals surface area contributed by atoms with E-state index in [1.54, 1.807) is 37.3 Å². The van der Waals surface area contributed by atoms with Gasteiger partial charge in [0.15, 0.2) is 17.7 Å². The van der Waals surface area contributed by atoms with Gasteiger partial charge < -0.3 is 34.7 Å². The summed E-state index contributed by atoms with van der Waals surface area (Å²) in [6, 6.07) is 14.8. The number of rotatable bonds is 13. The Morgan fingerprint density at radius 3 is 2.58 bits per heavy atom. The molecule has 0 bridgehead atoms. The minimum Gasteiger partial charge on any atom is -0.490 e. The molecule has 1 aliphatic rings. The first-order valence-electron chi connectivity index (χ1n) is 13.7. The third-order valence-corrected chi connectivity index (χ3v) is 7.73. The molecule has 0 unspecified atom stereocenters. The number of hydrogen-bond acceptors (Lipinski definition) is 9. The van der Waals surface area contributed by atoms with E-state index >= 15 is 0 Å². The zero-order chi connectivity index (χ0) is 32.5. The third kappa shape index (κ3) is 9.13. The van der Waals surface area contributed by atoms with Crippen molar-refractivity contribution in [2.45, 2.75) is 32.7 Å². The van der Waals surface area contributed by atoms with Crippen LogP contribution in [0.5, 0.6) is 17.2 Å². The predicted octanol–water partition coefficient (Wildman–Crippen LogP) is 5.96. The number of carbonyl (C=O) groups excluding carboxylic acids is 2. The molecule has 4 N–H and O–H groups in total. The van der Waals surface area contributed by atoms with Crippen molar-refractivity contribution >= 4 is 61.7 Å². The molecule has 2 amide bonds. The molecule has 238 valence electrons. The zero-order valence-electron chi connectivity index (χ0n) is 24.5. The molecular weight excluding hydrogens is 736 g/mol. The minimum absolute atomic E-state index is 0.171. The lowest BCUT2D eigenvalue weighted by atomic mass is 9.95. The van der Waals surface area contributed by atoms with Crippen LogP contribution in [0.25, 0.3) is 0 Å². The molecule has 0 radical (unpaired) electrons. The molecule has 45 heavy (non-hydrogen) atoms. The van der Waals surface area contributed by atoms with Crippen molar-refractivity contribution in [2.75, 3.05) is 20.3 Å². The van der Waals surface area contributed by atoms with Crippen LogP contribution >= 0.6 is 43.5 Å². The number of hydrazone groups is 1. The fourth-order valence-electron chi connectivity index (χ4n) is 4.38. The van der Waals surface area contributed by atoms with Crippen molar-refractivity contribution in [1.82, 2.24) is 16.1 Å². The highest BCUT2D eigenvalue weighted by atomic mass is 79.9. The van der Waals surface area contributed by atoms with Gasteiger partial charge in [-0.25, -0.2) is 9.59 Å². The summed E-state index contributed by atoms with van der Waals surface area (Å²) in [7, 11) is 1.27. The fourth-order valence-corrected chi connectivity index (χ4v) is 5.88. The Labute approximate surface area is 282 Å². The van der Waals surface area contributed by atoms with Crippen LogP contribution in [-0.4, -0.2) is 49.9 Å². The van der Waals surface area contributed by atoms with Gasteiger partial charge in [-0.3, -0.25) is 5.43 Å². The summed E-state index contributed by atoms with van der Waals surface area (Å²) in [5.74, 6) is 0.700. The second kappa shape index (κ2) is 16.0. The number of halogens is 3. The van der Waals surface area contributed by atoms with E-state index in [0.717, 1.165) is 14.5 Å². The maximum atomic E-state index is 12.5. The number of ether oxygens (including phenoxy) is 4. The van der Waals surface area contributed by atoms with Gasteiger partial charge in [0.2, 0.25) is 0 Å². The van der Waals surface area contributed by atoms with Crippen molar-refractivity contribution in [3.63, 3.8) is 0 Å². The van der Waals surface area contributed by atoms with E-state index in [2.05, 4.69) is 53.0 Å². The average molecular weight is 767 g/mol. The molecule has 3 aromatic rings. The number of esters is 1. The number of carbonyl (C=O) groups is 2. The predicted molar refractivity (Wildman–Crippen MR) is 177 cm³/mol. The lowest BCUT2D eigenvalue weighted by molar-refractivity contribution is -0.136. The van der Waals surface area contributed by atoms with E-state index < -0.39 is 24.3 Å². The smallest absolute Gasteiger partial charge is 0.337 e. The van der Waals surface area contributed by atoms with E-state index in [1.807, 2.05) is 31.2 Å². The standard InChI is InChI=1S/C31H31Br2ClN4O7/c1-4-43-25-12-19(28-27(30(40)42-3)17(2)36-31(41)37-28)7-10-24(25)44-16-26(39)38-35-14-20-11-21(32)13-23(33)29(20)45-15-18-5-8-22(34)9-6-18/h5-14,26,28,38-39H,4,15-16H2,1-3H3,(H2,36,37,41)/b35-14+/t26-,28-/m1/s1. The molecule has 0 aliphatic carbocycles. The van der Waals surface area contributed by atoms with Gasteiger partial charge in [0, 0.05) is 20.8 Å². The van der Waals surface area contributed by atoms with Crippen LogP contribution < -0.4 is 30.3 Å². The molecule has 11 nitrogen and oxygen atoms in total. The maximum absolute atomic E-state index is 12.5. The molecule has 0 saturated heterocycles. The summed E-state index contributed by atoms with van der Waals surface area (Å²) in [6.45, 7) is 3.90. The Balaban J connectivity index is 1.42. The molecule has 4 rings (SSSR count). The largest absolute Gasteiger partial charge is 0.490 e. The first kappa shape index (κ1) is 34.1. The highest BCUT2D eigenvalue weighted by Gasteiger charge is 2.32. The van der Waals surface area contributed by atoms with Crippen molar-refractivity contribution in [3.8, 4) is 17.2 Å². The van der Waals surface area contributed by atoms with E-state index in [-0.39, 0.29) is 12.2 Å². The molecule has 1 heterocycles. The van der Waals surface area contributed by atoms with Gasteiger partial charge in [0.05, 0.1) is 36.0 Å². The van der Waals surface area contributed by atoms with Crippen molar-refractivity contribution < 1.29 is 33.6 Å². The average Bonchev–Trinajstić information content (AvgIpc) is 3.00. The van der Waals surface area contributed by atoms with E-state index in [4.69, 9.17) is 30.5 Å². The molecule has 1 aliphatic heterocycles. The molecule has 3 aromatic carbocycles. The lowest BCUT2D eigenvalue weighted by Gasteiger charge is -2.28. The van der Waals surface area contributed by atoms with Gasteiger partial charge in [0.1, 0.15) is 19.0 Å². The second-order valence-electron chi connectivity index (χ2n) is 9.64. The van der Waals surface area contributed by atoms with Gasteiger partial charge in [-0.15, -0.1) is 0 Å². The number of benzene rings is 3. The van der Waals surface area contributed by atoms with Crippen LogP contribution in [0.3, 0.4) is 0 Å². The first-order chi connectivity index (χ1) is 21.6. The summed E-state index contributed by atoms with van der Waals surface area (Å²) in [6.07, 6.45) is 0.350. The number of urea groups is 1. The SMILES string of the molecule is CCOc1cc([C@H]2NC(=O)NC(C)=C2C(=O)OC)ccc1OC[C@@H](O)N/N=C/c1cc(Br)cc(Br)c1OCc1ccc(Cl)cc1. The Morgan fingerprint density at radius 1 is 1.11 bits per heavy atom. The van der Waals surface area contributed by atoms with Crippen LogP contribution in [-0.2, 0) is 16.1 Å². The number of amides is 2. The summed E-state index contributed by atoms with van der Waals surface area (Å²) in [4.78, 5) is 24.6. The van der Waals surface area contributed by atoms with Crippen LogP contribution in [0.4, 0.5) is 4.79 Å². The van der Waals surface area contributed by atoms with Gasteiger partial charge in [-0.2, -0.15) is 5.10 Å². The second-order valence-corrected chi connectivity index (χ2v) is 11.8. The number of methoxy groups -OCH3 is 1. The molecule has 2 atom stereocenters. The van der Waals surface area contributed by atoms with Crippen LogP contribution in [0.1, 0.15) is 36.6 Å². The zero-order valence-corrected chi connectivity index (χ0v) is 28.5. The number of nitrogens with one attached hydrogen (secondary N) is 3. The van der Waals surface area contributed by atoms with Crippen LogP contribution in [0.2, 0.25) is 5.02 Å². The van der Waals surface area contributed by atoms with Gasteiger partial charge in [-0.1, -0.05) is 45.7 Å². The number of nitrogens with zero attached hydrogens (tertiary/aromatic N) is 1. The van der Waals surface area contributed by atoms with E-state index in [1.165, 1.54) is 13.3 Å². The van der Waals surface area contributed by atoms with Crippen molar-refractivity contribution in [2.24, 2.45) is 5.10 Å². The van der Waals surface area contributed by atoms with Gasteiger partial charge >= 0.3 is 12.0 Å². The highest BCUT2D eigenvalue weighted by molar-refractivity contribution is 9.11. The lowest BCUT2D eigenvalue weighted by Crippen LogP contribution is -2.45. The Kier molecular flexibility index (Phi) is 12.1. The summed E-state index contributed by atoms with van der Waals surface area (Å²) >= 11 is 13.0. The number of hydrogen-bond donors (Lipinski definition) is 4. The first-order valence-corrected chi connectivity index (χ1v) is 15.6. The summed E-state index contributed by atoms with van der Waals surface area (Å²) in [5, 5.41) is 20.7. The third-order valence-electron chi connectivity index (χ3n) is 6.43. The molecule has 0 fully saturated rings. The van der Waals surface area contributed by atoms with E-state index in [0.29, 0.717) is 52.3 Å².